The van der Waals surface area contributed by atoms with E-state index in [1.54, 1.807) is 30.6 Å². The zero-order valence-electron chi connectivity index (χ0n) is 21.2. The van der Waals surface area contributed by atoms with Crippen LogP contribution in [-0.2, 0) is 19.1 Å². The molecule has 2 heterocycles. The monoisotopic (exact) mass is 486 g/mol. The van der Waals surface area contributed by atoms with E-state index in [1.807, 2.05) is 37.3 Å². The van der Waals surface area contributed by atoms with Crippen LogP contribution in [0.2, 0.25) is 0 Å². The Hall–Kier alpha value is -3.10. The van der Waals surface area contributed by atoms with Crippen molar-refractivity contribution in [1.82, 2.24) is 20.4 Å². The van der Waals surface area contributed by atoms with E-state index in [0.717, 1.165) is 18.4 Å². The molecule has 2 saturated heterocycles. The maximum absolute atomic E-state index is 12.8. The summed E-state index contributed by atoms with van der Waals surface area (Å²) in [5.41, 5.74) is 0.449. The Kier molecular flexibility index (Phi) is 8.75. The third kappa shape index (κ3) is 7.70. The number of alkyl carbamates (subject to hydrolysis) is 1. The fourth-order valence-electron chi connectivity index (χ4n) is 4.54. The van der Waals surface area contributed by atoms with E-state index >= 15 is 0 Å². The summed E-state index contributed by atoms with van der Waals surface area (Å²) in [7, 11) is 0. The van der Waals surface area contributed by atoms with E-state index in [9.17, 15) is 19.2 Å². The number of carbonyl (C=O) groups is 4. The first-order chi connectivity index (χ1) is 16.5. The molecule has 2 atom stereocenters. The molecule has 0 aliphatic carbocycles. The molecule has 0 bridgehead atoms. The number of rotatable bonds is 7. The molecule has 0 saturated carbocycles. The minimum atomic E-state index is -0.611. The average Bonchev–Trinajstić information content (AvgIpc) is 3.22. The summed E-state index contributed by atoms with van der Waals surface area (Å²) >= 11 is 0. The van der Waals surface area contributed by atoms with Crippen molar-refractivity contribution in [1.29, 1.82) is 0 Å². The Morgan fingerprint density at radius 2 is 1.74 bits per heavy atom. The molecule has 4 amide bonds. The molecular weight excluding hydrogens is 448 g/mol. The number of likely N-dealkylation sites (tertiary alicyclic amines) is 2. The van der Waals surface area contributed by atoms with Crippen molar-refractivity contribution in [2.24, 2.45) is 11.8 Å². The van der Waals surface area contributed by atoms with Crippen molar-refractivity contribution in [2.45, 2.75) is 58.6 Å². The molecule has 1 aromatic carbocycles. The van der Waals surface area contributed by atoms with Gasteiger partial charge in [-0.25, -0.2) is 4.79 Å². The zero-order valence-corrected chi connectivity index (χ0v) is 21.2. The molecule has 2 N–H and O–H groups in total. The Bertz CT molecular complexity index is 906. The molecule has 0 aromatic heterocycles. The van der Waals surface area contributed by atoms with Crippen LogP contribution in [0.1, 0.15) is 58.6 Å². The Morgan fingerprint density at radius 1 is 1.09 bits per heavy atom. The molecule has 35 heavy (non-hydrogen) atoms. The molecule has 0 radical (unpaired) electrons. The number of amides is 4. The summed E-state index contributed by atoms with van der Waals surface area (Å²) in [5.74, 6) is -0.280. The molecule has 192 valence electrons. The van der Waals surface area contributed by atoms with Crippen LogP contribution in [0, 0.1) is 11.8 Å². The lowest BCUT2D eigenvalue weighted by molar-refractivity contribution is -0.132. The normalized spacial score (nSPS) is 19.9. The Morgan fingerprint density at radius 3 is 2.37 bits per heavy atom. The summed E-state index contributed by atoms with van der Waals surface area (Å²) in [6.07, 6.45) is 1.18. The van der Waals surface area contributed by atoms with Crippen LogP contribution in [0.15, 0.2) is 30.3 Å². The van der Waals surface area contributed by atoms with Crippen molar-refractivity contribution in [3.63, 3.8) is 0 Å². The molecule has 0 spiro atoms. The fraction of sp³-hybridized carbons (Fsp3) is 0.615. The number of hydrogen-bond acceptors (Lipinski definition) is 5. The van der Waals surface area contributed by atoms with Crippen molar-refractivity contribution in [2.75, 3.05) is 32.7 Å². The molecule has 2 unspecified atom stereocenters. The summed E-state index contributed by atoms with van der Waals surface area (Å²) < 4.78 is 5.15. The lowest BCUT2D eigenvalue weighted by atomic mass is 9.96. The molecule has 1 aromatic rings. The standard InChI is InChI=1S/C26H38N4O5/c1-18(20-8-6-5-7-9-20)30-17-21(14-22(30)31)24(33)27-15-19-10-12-29(13-11-19)23(32)16-28-25(34)35-26(2,3)4/h5-9,18-19,21H,10-17H2,1-4H3,(H,27,33)(H,28,34). The van der Waals surface area contributed by atoms with Crippen LogP contribution in [-0.4, -0.2) is 71.9 Å². The molecule has 9 heteroatoms. The van der Waals surface area contributed by atoms with Crippen LogP contribution < -0.4 is 10.6 Å². The minimum Gasteiger partial charge on any atom is -0.444 e. The summed E-state index contributed by atoms with van der Waals surface area (Å²) in [5, 5.41) is 5.53. The van der Waals surface area contributed by atoms with Crippen LogP contribution in [0.25, 0.3) is 0 Å². The molecular formula is C26H38N4O5. The number of nitrogens with zero attached hydrogens (tertiary/aromatic N) is 2. The number of ether oxygens (including phenoxy) is 1. The Balaban J connectivity index is 1.37. The first kappa shape index (κ1) is 26.5. The second kappa shape index (κ2) is 11.6. The third-order valence-electron chi connectivity index (χ3n) is 6.59. The average molecular weight is 487 g/mol. The topological polar surface area (TPSA) is 108 Å². The van der Waals surface area contributed by atoms with Crippen molar-refractivity contribution in [3.05, 3.63) is 35.9 Å². The summed E-state index contributed by atoms with van der Waals surface area (Å²) in [6, 6.07) is 9.78. The van der Waals surface area contributed by atoms with Gasteiger partial charge in [0.25, 0.3) is 0 Å². The highest BCUT2D eigenvalue weighted by Gasteiger charge is 2.37. The van der Waals surface area contributed by atoms with Crippen LogP contribution in [0.3, 0.4) is 0 Å². The van der Waals surface area contributed by atoms with Crippen LogP contribution >= 0.6 is 0 Å². The molecule has 9 nitrogen and oxygen atoms in total. The maximum Gasteiger partial charge on any atom is 0.408 e. The van der Waals surface area contributed by atoms with Gasteiger partial charge >= 0.3 is 6.09 Å². The number of piperidine rings is 1. The van der Waals surface area contributed by atoms with Gasteiger partial charge in [0.15, 0.2) is 0 Å². The first-order valence-electron chi connectivity index (χ1n) is 12.4. The number of carbonyl (C=O) groups excluding carboxylic acids is 4. The van der Waals surface area contributed by atoms with Gasteiger partial charge in [-0.2, -0.15) is 0 Å². The Labute approximate surface area is 207 Å². The molecule has 3 rings (SSSR count). The highest BCUT2D eigenvalue weighted by Crippen LogP contribution is 2.28. The van der Waals surface area contributed by atoms with Gasteiger partial charge in [0, 0.05) is 32.6 Å². The van der Waals surface area contributed by atoms with Crippen molar-refractivity contribution < 1.29 is 23.9 Å². The van der Waals surface area contributed by atoms with Gasteiger partial charge in [0.05, 0.1) is 12.0 Å². The van der Waals surface area contributed by atoms with Gasteiger partial charge in [0.1, 0.15) is 12.1 Å². The van der Waals surface area contributed by atoms with E-state index in [-0.39, 0.29) is 48.6 Å². The van der Waals surface area contributed by atoms with Gasteiger partial charge in [0.2, 0.25) is 17.7 Å². The molecule has 2 aliphatic heterocycles. The lowest BCUT2D eigenvalue weighted by Crippen LogP contribution is -2.46. The smallest absolute Gasteiger partial charge is 0.408 e. The van der Waals surface area contributed by atoms with Crippen molar-refractivity contribution in [3.8, 4) is 0 Å². The number of hydrogen-bond donors (Lipinski definition) is 2. The predicted octanol–water partition coefficient (Wildman–Crippen LogP) is 2.48. The molecule has 2 aliphatic rings. The quantitative estimate of drug-likeness (QED) is 0.616. The second-order valence-corrected chi connectivity index (χ2v) is 10.5. The summed E-state index contributed by atoms with van der Waals surface area (Å²) in [4.78, 5) is 52.9. The van der Waals surface area contributed by atoms with E-state index in [1.165, 1.54) is 0 Å². The second-order valence-electron chi connectivity index (χ2n) is 10.5. The van der Waals surface area contributed by atoms with E-state index in [0.29, 0.717) is 26.2 Å². The summed E-state index contributed by atoms with van der Waals surface area (Å²) in [6.45, 7) is 9.33. The van der Waals surface area contributed by atoms with Gasteiger partial charge in [-0.1, -0.05) is 30.3 Å². The SMILES string of the molecule is CC(c1ccccc1)N1CC(C(=O)NCC2CCN(C(=O)CNC(=O)OC(C)(C)C)CC2)CC1=O. The van der Waals surface area contributed by atoms with Crippen LogP contribution in [0.4, 0.5) is 4.79 Å². The van der Waals surface area contributed by atoms with Gasteiger partial charge in [-0.05, 0) is 52.0 Å². The number of nitrogens with one attached hydrogen (secondary N) is 2. The maximum atomic E-state index is 12.8. The van der Waals surface area contributed by atoms with E-state index in [2.05, 4.69) is 10.6 Å². The predicted molar refractivity (Wildman–Crippen MR) is 131 cm³/mol. The highest BCUT2D eigenvalue weighted by molar-refractivity contribution is 5.89. The molecule has 2 fully saturated rings. The highest BCUT2D eigenvalue weighted by atomic mass is 16.6. The number of benzene rings is 1. The first-order valence-corrected chi connectivity index (χ1v) is 12.4. The fourth-order valence-corrected chi connectivity index (χ4v) is 4.54. The zero-order chi connectivity index (χ0) is 25.6. The minimum absolute atomic E-state index is 0.00770. The van der Waals surface area contributed by atoms with Crippen molar-refractivity contribution >= 4 is 23.8 Å². The largest absolute Gasteiger partial charge is 0.444 e. The van der Waals surface area contributed by atoms with Gasteiger partial charge in [-0.3, -0.25) is 14.4 Å². The van der Waals surface area contributed by atoms with E-state index in [4.69, 9.17) is 4.74 Å². The van der Waals surface area contributed by atoms with Gasteiger partial charge < -0.3 is 25.2 Å². The lowest BCUT2D eigenvalue weighted by Gasteiger charge is -2.32. The van der Waals surface area contributed by atoms with Crippen LogP contribution in [0.5, 0.6) is 0 Å². The van der Waals surface area contributed by atoms with E-state index < -0.39 is 11.7 Å². The third-order valence-corrected chi connectivity index (χ3v) is 6.59. The van der Waals surface area contributed by atoms with Gasteiger partial charge in [-0.15, -0.1) is 0 Å².